The molecule has 0 aromatic heterocycles. The normalized spacial score (nSPS) is 11.2. The summed E-state index contributed by atoms with van der Waals surface area (Å²) in [6, 6.07) is 5.33. The van der Waals surface area contributed by atoms with Gasteiger partial charge in [0.15, 0.2) is 5.78 Å². The number of nitrogens with two attached hydrogens (primary N) is 1. The first-order valence-corrected chi connectivity index (χ1v) is 4.98. The zero-order chi connectivity index (χ0) is 11.6. The quantitative estimate of drug-likeness (QED) is 0.577. The molecule has 3 N–H and O–H groups in total. The Morgan fingerprint density at radius 3 is 2.33 bits per heavy atom. The first kappa shape index (κ1) is 11.6. The van der Waals surface area contributed by atoms with E-state index in [4.69, 9.17) is 5.73 Å². The van der Waals surface area contributed by atoms with Crippen molar-refractivity contribution in [2.75, 3.05) is 11.1 Å². The standard InChI is InChI=1S/C12H18N2O/c1-8(15)9-5-6-11(10(13)7-9)14-12(2,3)4/h5-7,14H,13H2,1-4H3. The molecule has 0 aliphatic rings. The van der Waals surface area contributed by atoms with Gasteiger partial charge in [-0.3, -0.25) is 4.79 Å². The molecule has 0 aliphatic carbocycles. The van der Waals surface area contributed by atoms with Gasteiger partial charge in [-0.15, -0.1) is 0 Å². The topological polar surface area (TPSA) is 55.1 Å². The van der Waals surface area contributed by atoms with Gasteiger partial charge in [0.25, 0.3) is 0 Å². The minimum atomic E-state index is -0.0359. The fourth-order valence-electron chi connectivity index (χ4n) is 1.30. The molecule has 0 bridgehead atoms. The van der Waals surface area contributed by atoms with Crippen LogP contribution in [0.25, 0.3) is 0 Å². The van der Waals surface area contributed by atoms with Gasteiger partial charge < -0.3 is 11.1 Å². The summed E-state index contributed by atoms with van der Waals surface area (Å²) in [5.41, 5.74) is 7.94. The minimum absolute atomic E-state index is 0.0315. The Morgan fingerprint density at radius 1 is 1.33 bits per heavy atom. The molecular weight excluding hydrogens is 188 g/mol. The van der Waals surface area contributed by atoms with E-state index in [9.17, 15) is 4.79 Å². The smallest absolute Gasteiger partial charge is 0.159 e. The average molecular weight is 206 g/mol. The Kier molecular flexibility index (Phi) is 3.03. The summed E-state index contributed by atoms with van der Waals surface area (Å²) in [5, 5.41) is 3.28. The fraction of sp³-hybridized carbons (Fsp3) is 0.417. The Morgan fingerprint density at radius 2 is 1.93 bits per heavy atom. The fourth-order valence-corrected chi connectivity index (χ4v) is 1.30. The monoisotopic (exact) mass is 206 g/mol. The highest BCUT2D eigenvalue weighted by atomic mass is 16.1. The van der Waals surface area contributed by atoms with E-state index in [0.29, 0.717) is 11.3 Å². The molecule has 1 aromatic rings. The van der Waals surface area contributed by atoms with E-state index in [1.807, 2.05) is 6.07 Å². The van der Waals surface area contributed by atoms with Gasteiger partial charge in [-0.2, -0.15) is 0 Å². The SMILES string of the molecule is CC(=O)c1ccc(NC(C)(C)C)c(N)c1. The second-order valence-electron chi connectivity index (χ2n) is 4.73. The number of carbonyl (C=O) groups is 1. The van der Waals surface area contributed by atoms with Crippen molar-refractivity contribution in [1.82, 2.24) is 0 Å². The van der Waals surface area contributed by atoms with Crippen molar-refractivity contribution in [3.05, 3.63) is 23.8 Å². The second kappa shape index (κ2) is 3.93. The summed E-state index contributed by atoms with van der Waals surface area (Å²) >= 11 is 0. The maximum atomic E-state index is 11.1. The number of nitrogen functional groups attached to an aromatic ring is 1. The third kappa shape index (κ3) is 3.27. The molecule has 0 aliphatic heterocycles. The lowest BCUT2D eigenvalue weighted by Gasteiger charge is -2.23. The first-order valence-electron chi connectivity index (χ1n) is 4.98. The molecule has 0 amide bonds. The molecule has 1 aromatic carbocycles. The van der Waals surface area contributed by atoms with Crippen molar-refractivity contribution >= 4 is 17.2 Å². The van der Waals surface area contributed by atoms with Crippen molar-refractivity contribution in [2.24, 2.45) is 0 Å². The summed E-state index contributed by atoms with van der Waals surface area (Å²) in [6.45, 7) is 7.72. The van der Waals surface area contributed by atoms with Crippen LogP contribution in [0.3, 0.4) is 0 Å². The summed E-state index contributed by atoms with van der Waals surface area (Å²) in [5.74, 6) is 0.0315. The maximum absolute atomic E-state index is 11.1. The number of rotatable bonds is 2. The summed E-state index contributed by atoms with van der Waals surface area (Å²) in [6.07, 6.45) is 0. The molecule has 3 nitrogen and oxygen atoms in total. The predicted molar refractivity (Wildman–Crippen MR) is 64.2 cm³/mol. The molecule has 0 fully saturated rings. The highest BCUT2D eigenvalue weighted by Crippen LogP contribution is 2.23. The number of anilines is 2. The molecule has 0 heterocycles. The summed E-state index contributed by atoms with van der Waals surface area (Å²) < 4.78 is 0. The maximum Gasteiger partial charge on any atom is 0.159 e. The molecule has 82 valence electrons. The van der Waals surface area contributed by atoms with Gasteiger partial charge in [-0.05, 0) is 45.9 Å². The van der Waals surface area contributed by atoms with Crippen molar-refractivity contribution < 1.29 is 4.79 Å². The molecule has 0 radical (unpaired) electrons. The molecule has 1 rings (SSSR count). The largest absolute Gasteiger partial charge is 0.397 e. The summed E-state index contributed by atoms with van der Waals surface area (Å²) in [4.78, 5) is 11.1. The number of Topliss-reactive ketones (excluding diaryl/α,β-unsaturated/α-hetero) is 1. The molecule has 0 atom stereocenters. The summed E-state index contributed by atoms with van der Waals surface area (Å²) in [7, 11) is 0. The number of nitrogens with one attached hydrogen (secondary N) is 1. The second-order valence-corrected chi connectivity index (χ2v) is 4.73. The lowest BCUT2D eigenvalue weighted by atomic mass is 10.1. The Balaban J connectivity index is 2.99. The van der Waals surface area contributed by atoms with Crippen LogP contribution >= 0.6 is 0 Å². The van der Waals surface area contributed by atoms with E-state index in [1.165, 1.54) is 6.92 Å². The molecule has 3 heteroatoms. The number of ketones is 1. The first-order chi connectivity index (χ1) is 6.79. The van der Waals surface area contributed by atoms with Crippen LogP contribution in [0.4, 0.5) is 11.4 Å². The molecule has 0 unspecified atom stereocenters. The zero-order valence-corrected chi connectivity index (χ0v) is 9.72. The van der Waals surface area contributed by atoms with Gasteiger partial charge in [-0.1, -0.05) is 0 Å². The van der Waals surface area contributed by atoms with Crippen LogP contribution in [0.5, 0.6) is 0 Å². The lowest BCUT2D eigenvalue weighted by molar-refractivity contribution is 0.101. The van der Waals surface area contributed by atoms with Gasteiger partial charge in [0.1, 0.15) is 0 Å². The van der Waals surface area contributed by atoms with Crippen LogP contribution in [-0.4, -0.2) is 11.3 Å². The van der Waals surface area contributed by atoms with Crippen molar-refractivity contribution in [1.29, 1.82) is 0 Å². The van der Waals surface area contributed by atoms with Crippen molar-refractivity contribution in [2.45, 2.75) is 33.2 Å². The lowest BCUT2D eigenvalue weighted by Crippen LogP contribution is -2.26. The molecule has 0 saturated carbocycles. The van der Waals surface area contributed by atoms with E-state index < -0.39 is 0 Å². The van der Waals surface area contributed by atoms with Crippen LogP contribution in [-0.2, 0) is 0 Å². The van der Waals surface area contributed by atoms with E-state index in [-0.39, 0.29) is 11.3 Å². The number of hydrogen-bond acceptors (Lipinski definition) is 3. The van der Waals surface area contributed by atoms with Gasteiger partial charge in [0.05, 0.1) is 11.4 Å². The highest BCUT2D eigenvalue weighted by molar-refractivity contribution is 5.96. The Labute approximate surface area is 90.7 Å². The Hall–Kier alpha value is -1.51. The molecular formula is C12H18N2O. The van der Waals surface area contributed by atoms with Gasteiger partial charge in [0.2, 0.25) is 0 Å². The van der Waals surface area contributed by atoms with E-state index >= 15 is 0 Å². The minimum Gasteiger partial charge on any atom is -0.397 e. The van der Waals surface area contributed by atoms with Gasteiger partial charge in [0, 0.05) is 11.1 Å². The van der Waals surface area contributed by atoms with Crippen LogP contribution in [0.2, 0.25) is 0 Å². The van der Waals surface area contributed by atoms with E-state index in [0.717, 1.165) is 5.69 Å². The van der Waals surface area contributed by atoms with E-state index in [2.05, 4.69) is 26.1 Å². The third-order valence-electron chi connectivity index (χ3n) is 1.97. The number of hydrogen-bond donors (Lipinski definition) is 2. The van der Waals surface area contributed by atoms with Crippen LogP contribution < -0.4 is 11.1 Å². The number of benzene rings is 1. The molecule has 0 saturated heterocycles. The van der Waals surface area contributed by atoms with Crippen molar-refractivity contribution in [3.63, 3.8) is 0 Å². The molecule has 0 spiro atoms. The highest BCUT2D eigenvalue weighted by Gasteiger charge is 2.11. The van der Waals surface area contributed by atoms with Gasteiger partial charge in [-0.25, -0.2) is 0 Å². The van der Waals surface area contributed by atoms with Crippen LogP contribution in [0, 0.1) is 0 Å². The average Bonchev–Trinajstić information content (AvgIpc) is 2.05. The van der Waals surface area contributed by atoms with Crippen LogP contribution in [0.15, 0.2) is 18.2 Å². The zero-order valence-electron chi connectivity index (χ0n) is 9.72. The van der Waals surface area contributed by atoms with Crippen LogP contribution in [0.1, 0.15) is 38.1 Å². The molecule has 15 heavy (non-hydrogen) atoms. The Bertz CT molecular complexity index is 378. The number of carbonyl (C=O) groups excluding carboxylic acids is 1. The van der Waals surface area contributed by atoms with Gasteiger partial charge >= 0.3 is 0 Å². The third-order valence-corrected chi connectivity index (χ3v) is 1.97. The van der Waals surface area contributed by atoms with Crippen molar-refractivity contribution in [3.8, 4) is 0 Å². The van der Waals surface area contributed by atoms with E-state index in [1.54, 1.807) is 12.1 Å². The predicted octanol–water partition coefficient (Wildman–Crippen LogP) is 2.68.